The van der Waals surface area contributed by atoms with E-state index in [0.29, 0.717) is 17.8 Å². The summed E-state index contributed by atoms with van der Waals surface area (Å²) in [6.07, 6.45) is 0.742. The number of aromatic nitrogens is 3. The van der Waals surface area contributed by atoms with Crippen LogP contribution in [0, 0.1) is 11.8 Å². The summed E-state index contributed by atoms with van der Waals surface area (Å²) in [5.41, 5.74) is 1.65. The lowest BCUT2D eigenvalue weighted by molar-refractivity contribution is 0.102. The lowest BCUT2D eigenvalue weighted by Crippen LogP contribution is -2.15. The third-order valence-corrected chi connectivity index (χ3v) is 3.98. The van der Waals surface area contributed by atoms with Gasteiger partial charge in [-0.2, -0.15) is 9.49 Å². The van der Waals surface area contributed by atoms with Crippen LogP contribution < -0.4 is 5.32 Å². The number of pyridine rings is 1. The second-order valence-electron chi connectivity index (χ2n) is 5.66. The van der Waals surface area contributed by atoms with Gasteiger partial charge in [-0.15, -0.1) is 0 Å². The standard InChI is InChI=1S/C19H18F2N4O.C2H6/c1-3-12-11-16(25(4-2)24-12)14-9-10-17(22-18(14)21)23-19(26)13-7-5-6-8-15(13)20;1-2/h5-11H,3-4H2,1-2H3,(H,22,23,26);1-2H3. The topological polar surface area (TPSA) is 59.8 Å². The fourth-order valence-electron chi connectivity index (χ4n) is 2.62. The molecule has 0 radical (unpaired) electrons. The highest BCUT2D eigenvalue weighted by Crippen LogP contribution is 2.25. The molecule has 0 unspecified atom stereocenters. The number of nitrogens with one attached hydrogen (secondary N) is 1. The average molecular weight is 386 g/mol. The normalized spacial score (nSPS) is 10.2. The van der Waals surface area contributed by atoms with Crippen LogP contribution in [0.25, 0.3) is 11.3 Å². The number of amides is 1. The molecule has 0 saturated carbocycles. The number of hydrogen-bond donors (Lipinski definition) is 1. The van der Waals surface area contributed by atoms with Crippen molar-refractivity contribution in [1.29, 1.82) is 0 Å². The summed E-state index contributed by atoms with van der Waals surface area (Å²) < 4.78 is 29.9. The SMILES string of the molecule is CC.CCc1cc(-c2ccc(NC(=O)c3ccccc3F)nc2F)n(CC)n1. The summed E-state index contributed by atoms with van der Waals surface area (Å²) in [4.78, 5) is 15.9. The maximum absolute atomic E-state index is 14.5. The molecule has 0 saturated heterocycles. The van der Waals surface area contributed by atoms with Gasteiger partial charge in [0.25, 0.3) is 5.91 Å². The molecule has 0 aliphatic heterocycles. The number of halogens is 2. The van der Waals surface area contributed by atoms with Gasteiger partial charge >= 0.3 is 0 Å². The first-order valence-electron chi connectivity index (χ1n) is 9.33. The quantitative estimate of drug-likeness (QED) is 0.622. The Balaban J connectivity index is 0.00000136. The van der Waals surface area contributed by atoms with Crippen LogP contribution in [0.3, 0.4) is 0 Å². The minimum Gasteiger partial charge on any atom is -0.306 e. The van der Waals surface area contributed by atoms with Crippen molar-refractivity contribution in [3.05, 3.63) is 65.5 Å². The smallest absolute Gasteiger partial charge is 0.259 e. The van der Waals surface area contributed by atoms with Gasteiger partial charge in [0, 0.05) is 6.54 Å². The molecule has 0 fully saturated rings. The van der Waals surface area contributed by atoms with Gasteiger partial charge in [0.05, 0.1) is 22.5 Å². The van der Waals surface area contributed by atoms with Gasteiger partial charge in [-0.3, -0.25) is 9.48 Å². The van der Waals surface area contributed by atoms with E-state index < -0.39 is 17.7 Å². The Kier molecular flexibility index (Phi) is 7.37. The van der Waals surface area contributed by atoms with Crippen LogP contribution >= 0.6 is 0 Å². The molecule has 0 aliphatic carbocycles. The van der Waals surface area contributed by atoms with E-state index in [1.54, 1.807) is 10.7 Å². The lowest BCUT2D eigenvalue weighted by Gasteiger charge is -2.09. The zero-order valence-corrected chi connectivity index (χ0v) is 16.5. The molecule has 0 aliphatic rings. The van der Waals surface area contributed by atoms with Crippen molar-refractivity contribution < 1.29 is 13.6 Å². The van der Waals surface area contributed by atoms with Crippen molar-refractivity contribution in [3.8, 4) is 11.3 Å². The molecule has 0 bridgehead atoms. The summed E-state index contributed by atoms with van der Waals surface area (Å²) >= 11 is 0. The van der Waals surface area contributed by atoms with Gasteiger partial charge in [-0.05, 0) is 43.7 Å². The highest BCUT2D eigenvalue weighted by Gasteiger charge is 2.16. The third-order valence-electron chi connectivity index (χ3n) is 3.98. The summed E-state index contributed by atoms with van der Waals surface area (Å²) in [5.74, 6) is -2.05. The van der Waals surface area contributed by atoms with Crippen molar-refractivity contribution >= 4 is 11.7 Å². The second-order valence-corrected chi connectivity index (χ2v) is 5.66. The number of carbonyl (C=O) groups excluding carboxylic acids is 1. The third kappa shape index (κ3) is 4.60. The van der Waals surface area contributed by atoms with Crippen LogP contribution in [-0.4, -0.2) is 20.7 Å². The van der Waals surface area contributed by atoms with E-state index in [9.17, 15) is 13.6 Å². The number of carbonyl (C=O) groups is 1. The molecule has 1 N–H and O–H groups in total. The van der Waals surface area contributed by atoms with Crippen molar-refractivity contribution in [3.63, 3.8) is 0 Å². The molecule has 3 rings (SSSR count). The minimum absolute atomic E-state index is 0.0118. The highest BCUT2D eigenvalue weighted by atomic mass is 19.1. The fourth-order valence-corrected chi connectivity index (χ4v) is 2.62. The molecular weight excluding hydrogens is 362 g/mol. The van der Waals surface area contributed by atoms with Crippen LogP contribution in [0.5, 0.6) is 0 Å². The number of nitrogens with zero attached hydrogens (tertiary/aromatic N) is 3. The molecule has 7 heteroatoms. The van der Waals surface area contributed by atoms with E-state index in [2.05, 4.69) is 15.4 Å². The molecule has 1 amide bonds. The number of benzene rings is 1. The van der Waals surface area contributed by atoms with E-state index in [4.69, 9.17) is 0 Å². The Morgan fingerprint density at radius 1 is 1.11 bits per heavy atom. The zero-order valence-electron chi connectivity index (χ0n) is 16.5. The number of rotatable bonds is 5. The maximum Gasteiger partial charge on any atom is 0.259 e. The van der Waals surface area contributed by atoms with E-state index in [-0.39, 0.29) is 11.4 Å². The molecule has 0 atom stereocenters. The molecule has 5 nitrogen and oxygen atoms in total. The first-order valence-corrected chi connectivity index (χ1v) is 9.33. The Morgan fingerprint density at radius 3 is 2.43 bits per heavy atom. The summed E-state index contributed by atoms with van der Waals surface area (Å²) in [6, 6.07) is 10.4. The largest absolute Gasteiger partial charge is 0.306 e. The van der Waals surface area contributed by atoms with E-state index in [1.807, 2.05) is 33.8 Å². The van der Waals surface area contributed by atoms with E-state index in [1.165, 1.54) is 30.3 Å². The molecule has 3 aromatic rings. The number of hydrogen-bond acceptors (Lipinski definition) is 3. The zero-order chi connectivity index (χ0) is 20.7. The summed E-state index contributed by atoms with van der Waals surface area (Å²) in [7, 11) is 0. The summed E-state index contributed by atoms with van der Waals surface area (Å²) in [5, 5.41) is 6.81. The summed E-state index contributed by atoms with van der Waals surface area (Å²) in [6.45, 7) is 8.49. The van der Waals surface area contributed by atoms with Crippen molar-refractivity contribution in [2.45, 2.75) is 40.7 Å². The second kappa shape index (κ2) is 9.73. The molecule has 2 aromatic heterocycles. The van der Waals surface area contributed by atoms with Gasteiger partial charge in [0.15, 0.2) is 0 Å². The molecule has 2 heterocycles. The predicted octanol–water partition coefficient (Wildman–Crippen LogP) is 5.08. The van der Waals surface area contributed by atoms with Gasteiger partial charge < -0.3 is 5.32 Å². The van der Waals surface area contributed by atoms with Crippen molar-refractivity contribution in [1.82, 2.24) is 14.8 Å². The predicted molar refractivity (Wildman–Crippen MR) is 106 cm³/mol. The van der Waals surface area contributed by atoms with Gasteiger partial charge in [0.1, 0.15) is 11.6 Å². The Labute approximate surface area is 163 Å². The van der Waals surface area contributed by atoms with Crippen molar-refractivity contribution in [2.75, 3.05) is 5.32 Å². The minimum atomic E-state index is -0.728. The Bertz CT molecular complexity index is 953. The van der Waals surface area contributed by atoms with Crippen LogP contribution in [0.15, 0.2) is 42.5 Å². The van der Waals surface area contributed by atoms with E-state index in [0.717, 1.165) is 12.1 Å². The lowest BCUT2D eigenvalue weighted by atomic mass is 10.1. The molecule has 1 aromatic carbocycles. The van der Waals surface area contributed by atoms with Crippen LogP contribution in [0.2, 0.25) is 0 Å². The fraction of sp³-hybridized carbons (Fsp3) is 0.286. The monoisotopic (exact) mass is 386 g/mol. The maximum atomic E-state index is 14.5. The average Bonchev–Trinajstić information content (AvgIpc) is 3.13. The molecule has 148 valence electrons. The van der Waals surface area contributed by atoms with E-state index >= 15 is 0 Å². The first kappa shape index (κ1) is 21.2. The molecule has 28 heavy (non-hydrogen) atoms. The van der Waals surface area contributed by atoms with Crippen LogP contribution in [0.1, 0.15) is 43.7 Å². The van der Waals surface area contributed by atoms with Crippen LogP contribution in [-0.2, 0) is 13.0 Å². The van der Waals surface area contributed by atoms with Gasteiger partial charge in [-0.25, -0.2) is 9.37 Å². The van der Waals surface area contributed by atoms with Crippen LogP contribution in [0.4, 0.5) is 14.6 Å². The van der Waals surface area contributed by atoms with Gasteiger partial charge in [-0.1, -0.05) is 32.9 Å². The molecule has 0 spiro atoms. The first-order chi connectivity index (χ1) is 13.5. The Hall–Kier alpha value is -3.09. The van der Waals surface area contributed by atoms with Gasteiger partial charge in [0.2, 0.25) is 5.95 Å². The Morgan fingerprint density at radius 2 is 1.82 bits per heavy atom. The number of anilines is 1. The highest BCUT2D eigenvalue weighted by molar-refractivity contribution is 6.03. The van der Waals surface area contributed by atoms with Crippen molar-refractivity contribution in [2.24, 2.45) is 0 Å². The molecular formula is C21H24F2N4O. The number of aryl methyl sites for hydroxylation is 2.